The van der Waals surface area contributed by atoms with Crippen molar-refractivity contribution in [2.24, 2.45) is 11.1 Å². The van der Waals surface area contributed by atoms with E-state index in [1.165, 1.54) is 11.1 Å². The molecule has 0 radical (unpaired) electrons. The molecule has 2 rings (SSSR count). The second-order valence-corrected chi connectivity index (χ2v) is 5.88. The standard InChI is InChI=1S/C15H23N3/c1-15(2,14(16)17)8-5-9-18-10-12-6-3-4-7-13(12)11-18/h3-4,6-7H,5,8-11H2,1-2H3,(H3,16,17). The third-order valence-electron chi connectivity index (χ3n) is 3.91. The number of nitrogens with two attached hydrogens (primary N) is 1. The molecule has 0 amide bonds. The summed E-state index contributed by atoms with van der Waals surface area (Å²) in [7, 11) is 0. The summed E-state index contributed by atoms with van der Waals surface area (Å²) in [6.07, 6.45) is 2.08. The van der Waals surface area contributed by atoms with Crippen molar-refractivity contribution >= 4 is 5.84 Å². The quantitative estimate of drug-likeness (QED) is 0.619. The van der Waals surface area contributed by atoms with Crippen molar-refractivity contribution in [2.75, 3.05) is 6.54 Å². The van der Waals surface area contributed by atoms with Gasteiger partial charge in [-0.1, -0.05) is 38.1 Å². The van der Waals surface area contributed by atoms with E-state index in [-0.39, 0.29) is 5.41 Å². The maximum atomic E-state index is 7.55. The van der Waals surface area contributed by atoms with Crippen molar-refractivity contribution in [2.45, 2.75) is 39.8 Å². The van der Waals surface area contributed by atoms with Gasteiger partial charge in [-0.05, 0) is 30.5 Å². The molecule has 3 heteroatoms. The van der Waals surface area contributed by atoms with Gasteiger partial charge in [0, 0.05) is 18.5 Å². The first-order valence-corrected chi connectivity index (χ1v) is 6.63. The van der Waals surface area contributed by atoms with Gasteiger partial charge in [-0.2, -0.15) is 0 Å². The molecule has 0 saturated heterocycles. The van der Waals surface area contributed by atoms with Gasteiger partial charge in [0.25, 0.3) is 0 Å². The summed E-state index contributed by atoms with van der Waals surface area (Å²) in [5.74, 6) is 0.298. The van der Waals surface area contributed by atoms with Gasteiger partial charge >= 0.3 is 0 Å². The zero-order valence-electron chi connectivity index (χ0n) is 11.4. The molecule has 3 N–H and O–H groups in total. The normalized spacial score (nSPS) is 15.7. The van der Waals surface area contributed by atoms with Crippen LogP contribution in [0.15, 0.2) is 24.3 Å². The predicted octanol–water partition coefficient (Wildman–Crippen LogP) is 2.74. The van der Waals surface area contributed by atoms with Gasteiger partial charge in [0.1, 0.15) is 0 Å². The van der Waals surface area contributed by atoms with Crippen molar-refractivity contribution in [3.8, 4) is 0 Å². The number of nitrogens with zero attached hydrogens (tertiary/aromatic N) is 1. The molecule has 18 heavy (non-hydrogen) atoms. The van der Waals surface area contributed by atoms with Gasteiger partial charge in [-0.25, -0.2) is 0 Å². The lowest BCUT2D eigenvalue weighted by atomic mass is 9.86. The van der Waals surface area contributed by atoms with E-state index < -0.39 is 0 Å². The maximum absolute atomic E-state index is 7.55. The molecule has 0 aromatic heterocycles. The van der Waals surface area contributed by atoms with Crippen LogP contribution >= 0.6 is 0 Å². The van der Waals surface area contributed by atoms with E-state index in [0.717, 1.165) is 32.5 Å². The Morgan fingerprint density at radius 2 is 1.83 bits per heavy atom. The Hall–Kier alpha value is -1.35. The maximum Gasteiger partial charge on any atom is 0.0963 e. The number of nitrogens with one attached hydrogen (secondary N) is 1. The Bertz CT molecular complexity index is 412. The first-order valence-electron chi connectivity index (χ1n) is 6.63. The van der Waals surface area contributed by atoms with Crippen molar-refractivity contribution < 1.29 is 0 Å². The van der Waals surface area contributed by atoms with Crippen LogP contribution in [0, 0.1) is 10.8 Å². The smallest absolute Gasteiger partial charge is 0.0963 e. The first kappa shape index (κ1) is 13.1. The molecule has 0 aliphatic carbocycles. The molecule has 1 aliphatic heterocycles. The average Bonchev–Trinajstić information content (AvgIpc) is 2.70. The highest BCUT2D eigenvalue weighted by Gasteiger charge is 2.23. The van der Waals surface area contributed by atoms with Crippen molar-refractivity contribution in [3.63, 3.8) is 0 Å². The highest BCUT2D eigenvalue weighted by atomic mass is 15.1. The lowest BCUT2D eigenvalue weighted by Crippen LogP contribution is -2.31. The fourth-order valence-corrected chi connectivity index (χ4v) is 2.44. The highest BCUT2D eigenvalue weighted by molar-refractivity contribution is 5.82. The number of hydrogen-bond acceptors (Lipinski definition) is 2. The molecule has 1 heterocycles. The van der Waals surface area contributed by atoms with Crippen molar-refractivity contribution in [1.82, 2.24) is 4.90 Å². The molecule has 0 fully saturated rings. The molecule has 0 saturated carbocycles. The lowest BCUT2D eigenvalue weighted by Gasteiger charge is -2.24. The summed E-state index contributed by atoms with van der Waals surface area (Å²) in [5, 5.41) is 7.55. The highest BCUT2D eigenvalue weighted by Crippen LogP contribution is 2.25. The van der Waals surface area contributed by atoms with E-state index in [0.29, 0.717) is 5.84 Å². The van der Waals surface area contributed by atoms with Gasteiger partial charge in [0.2, 0.25) is 0 Å². The molecule has 0 unspecified atom stereocenters. The van der Waals surface area contributed by atoms with E-state index in [1.54, 1.807) is 0 Å². The van der Waals surface area contributed by atoms with Crippen LogP contribution in [0.5, 0.6) is 0 Å². The molecule has 0 spiro atoms. The Morgan fingerprint density at radius 3 is 2.33 bits per heavy atom. The lowest BCUT2D eigenvalue weighted by molar-refractivity contribution is 0.265. The fourth-order valence-electron chi connectivity index (χ4n) is 2.44. The monoisotopic (exact) mass is 245 g/mol. The predicted molar refractivity (Wildman–Crippen MR) is 75.5 cm³/mol. The largest absolute Gasteiger partial charge is 0.387 e. The molecule has 1 aromatic rings. The Balaban J connectivity index is 1.79. The molecular formula is C15H23N3. The zero-order valence-corrected chi connectivity index (χ0v) is 11.4. The molecule has 1 aliphatic rings. The van der Waals surface area contributed by atoms with Crippen molar-refractivity contribution in [3.05, 3.63) is 35.4 Å². The van der Waals surface area contributed by atoms with Crippen LogP contribution in [-0.2, 0) is 13.1 Å². The van der Waals surface area contributed by atoms with E-state index in [2.05, 4.69) is 29.2 Å². The topological polar surface area (TPSA) is 53.1 Å². The summed E-state index contributed by atoms with van der Waals surface area (Å²) >= 11 is 0. The minimum Gasteiger partial charge on any atom is -0.387 e. The van der Waals surface area contributed by atoms with Crippen LogP contribution in [0.3, 0.4) is 0 Å². The minimum atomic E-state index is -0.160. The molecule has 98 valence electrons. The fraction of sp³-hybridized carbons (Fsp3) is 0.533. The first-order chi connectivity index (χ1) is 8.49. The third-order valence-corrected chi connectivity index (χ3v) is 3.91. The van der Waals surface area contributed by atoms with Gasteiger partial charge < -0.3 is 5.73 Å². The van der Waals surface area contributed by atoms with Gasteiger partial charge in [-0.3, -0.25) is 10.3 Å². The van der Waals surface area contributed by atoms with Crippen LogP contribution in [0.25, 0.3) is 0 Å². The van der Waals surface area contributed by atoms with E-state index in [4.69, 9.17) is 11.1 Å². The number of amidine groups is 1. The van der Waals surface area contributed by atoms with Gasteiger partial charge in [0.15, 0.2) is 0 Å². The molecule has 0 atom stereocenters. The number of hydrogen-bond donors (Lipinski definition) is 2. The summed E-state index contributed by atoms with van der Waals surface area (Å²) in [5.41, 5.74) is 8.37. The number of fused-ring (bicyclic) bond motifs is 1. The SMILES string of the molecule is CC(C)(CCCN1Cc2ccccc2C1)C(=N)N. The Morgan fingerprint density at radius 1 is 1.28 bits per heavy atom. The van der Waals surface area contributed by atoms with E-state index in [1.807, 2.05) is 13.8 Å². The second kappa shape index (κ2) is 5.11. The number of benzene rings is 1. The Kier molecular flexibility index (Phi) is 3.71. The minimum absolute atomic E-state index is 0.160. The summed E-state index contributed by atoms with van der Waals surface area (Å²) < 4.78 is 0. The second-order valence-electron chi connectivity index (χ2n) is 5.88. The van der Waals surface area contributed by atoms with Crippen LogP contribution < -0.4 is 5.73 Å². The molecule has 0 bridgehead atoms. The average molecular weight is 245 g/mol. The van der Waals surface area contributed by atoms with Gasteiger partial charge in [0.05, 0.1) is 5.84 Å². The third kappa shape index (κ3) is 2.91. The van der Waals surface area contributed by atoms with Crippen LogP contribution in [-0.4, -0.2) is 17.3 Å². The Labute approximate surface area is 109 Å². The van der Waals surface area contributed by atoms with E-state index >= 15 is 0 Å². The molecule has 1 aromatic carbocycles. The number of rotatable bonds is 5. The molecular weight excluding hydrogens is 222 g/mol. The van der Waals surface area contributed by atoms with Crippen LogP contribution in [0.1, 0.15) is 37.8 Å². The van der Waals surface area contributed by atoms with Crippen LogP contribution in [0.4, 0.5) is 0 Å². The van der Waals surface area contributed by atoms with E-state index in [9.17, 15) is 0 Å². The summed E-state index contributed by atoms with van der Waals surface area (Å²) in [6.45, 7) is 7.32. The summed E-state index contributed by atoms with van der Waals surface area (Å²) in [4.78, 5) is 2.47. The zero-order chi connectivity index (χ0) is 13.2. The van der Waals surface area contributed by atoms with Crippen molar-refractivity contribution in [1.29, 1.82) is 5.41 Å². The van der Waals surface area contributed by atoms with Gasteiger partial charge in [-0.15, -0.1) is 0 Å². The van der Waals surface area contributed by atoms with Crippen LogP contribution in [0.2, 0.25) is 0 Å². The summed E-state index contributed by atoms with van der Waals surface area (Å²) in [6, 6.07) is 8.66. The molecule has 3 nitrogen and oxygen atoms in total.